The van der Waals surface area contributed by atoms with E-state index in [0.717, 1.165) is 41.7 Å². The van der Waals surface area contributed by atoms with Crippen molar-refractivity contribution in [2.45, 2.75) is 82.3 Å². The smallest absolute Gasteiger partial charge is 0.0308 e. The van der Waals surface area contributed by atoms with Gasteiger partial charge in [0, 0.05) is 24.2 Å². The Balaban J connectivity index is 1.25. The third-order valence-electron chi connectivity index (χ3n) is 7.52. The first kappa shape index (κ1) is 13.4. The van der Waals surface area contributed by atoms with Crippen molar-refractivity contribution in [1.29, 1.82) is 0 Å². The first-order valence-electron chi connectivity index (χ1n) is 9.71. The number of hydrogen-bond acceptors (Lipinski definition) is 2. The molecule has 6 rings (SSSR count). The van der Waals surface area contributed by atoms with E-state index in [1.54, 1.807) is 32.1 Å². The quantitative estimate of drug-likeness (QED) is 0.783. The Labute approximate surface area is 129 Å². The second kappa shape index (κ2) is 4.71. The van der Waals surface area contributed by atoms with E-state index in [-0.39, 0.29) is 0 Å². The van der Waals surface area contributed by atoms with Crippen LogP contribution in [0.5, 0.6) is 0 Å². The summed E-state index contributed by atoms with van der Waals surface area (Å²) in [5.74, 6) is 5.19. The van der Waals surface area contributed by atoms with Gasteiger partial charge in [0.2, 0.25) is 0 Å². The molecular formula is C19H32N2. The molecule has 0 heterocycles. The van der Waals surface area contributed by atoms with Gasteiger partial charge in [0.1, 0.15) is 0 Å². The average Bonchev–Trinajstić information content (AvgIpc) is 3.31. The van der Waals surface area contributed by atoms with E-state index in [2.05, 4.69) is 17.6 Å². The fourth-order valence-corrected chi connectivity index (χ4v) is 6.32. The van der Waals surface area contributed by atoms with E-state index < -0.39 is 0 Å². The van der Waals surface area contributed by atoms with E-state index in [0.29, 0.717) is 5.54 Å². The molecule has 0 aromatic heterocycles. The molecule has 2 heteroatoms. The fourth-order valence-electron chi connectivity index (χ4n) is 6.32. The van der Waals surface area contributed by atoms with Crippen LogP contribution in [0.2, 0.25) is 0 Å². The van der Waals surface area contributed by atoms with Gasteiger partial charge in [-0.1, -0.05) is 0 Å². The van der Waals surface area contributed by atoms with Crippen LogP contribution in [0.15, 0.2) is 0 Å². The highest BCUT2D eigenvalue weighted by Crippen LogP contribution is 2.54. The molecule has 0 aromatic carbocycles. The summed E-state index contributed by atoms with van der Waals surface area (Å²) in [6.45, 7) is 3.73. The van der Waals surface area contributed by atoms with Crippen molar-refractivity contribution in [3.05, 3.63) is 0 Å². The zero-order valence-electron chi connectivity index (χ0n) is 13.6. The summed E-state index contributed by atoms with van der Waals surface area (Å²) in [6, 6.07) is 1.70. The van der Waals surface area contributed by atoms with Gasteiger partial charge in [-0.15, -0.1) is 0 Å². The Morgan fingerprint density at radius 1 is 0.857 bits per heavy atom. The maximum atomic E-state index is 4.10. The van der Waals surface area contributed by atoms with Crippen molar-refractivity contribution < 1.29 is 0 Å². The summed E-state index contributed by atoms with van der Waals surface area (Å²) in [4.78, 5) is 0. The third kappa shape index (κ3) is 2.47. The van der Waals surface area contributed by atoms with Crippen LogP contribution in [-0.4, -0.2) is 24.2 Å². The normalized spacial score (nSPS) is 47.6. The lowest BCUT2D eigenvalue weighted by Crippen LogP contribution is -2.60. The van der Waals surface area contributed by atoms with Gasteiger partial charge in [-0.25, -0.2) is 0 Å². The molecule has 0 radical (unpaired) electrons. The minimum atomic E-state index is 0.385. The van der Waals surface area contributed by atoms with Crippen LogP contribution in [0.4, 0.5) is 0 Å². The first-order valence-corrected chi connectivity index (χ1v) is 9.71. The molecule has 0 spiro atoms. The molecule has 0 saturated heterocycles. The van der Waals surface area contributed by atoms with Gasteiger partial charge in [0.05, 0.1) is 0 Å². The fraction of sp³-hybridized carbons (Fsp3) is 1.00. The summed E-state index contributed by atoms with van der Waals surface area (Å²) in [5.41, 5.74) is 0.385. The molecule has 2 nitrogen and oxygen atoms in total. The summed E-state index contributed by atoms with van der Waals surface area (Å²) in [7, 11) is 0. The largest absolute Gasteiger partial charge is 0.312 e. The van der Waals surface area contributed by atoms with Crippen LogP contribution in [-0.2, 0) is 0 Å². The number of hydrogen-bond donors (Lipinski definition) is 2. The first-order chi connectivity index (χ1) is 10.2. The predicted octanol–water partition coefficient (Wildman–Crippen LogP) is 3.32. The lowest BCUT2D eigenvalue weighted by atomic mass is 9.54. The van der Waals surface area contributed by atoms with Gasteiger partial charge < -0.3 is 10.6 Å². The Morgan fingerprint density at radius 3 is 2.00 bits per heavy atom. The molecule has 1 atom stereocenters. The van der Waals surface area contributed by atoms with Gasteiger partial charge >= 0.3 is 0 Å². The van der Waals surface area contributed by atoms with E-state index in [1.807, 2.05) is 0 Å². The topological polar surface area (TPSA) is 24.1 Å². The maximum absolute atomic E-state index is 4.10. The third-order valence-corrected chi connectivity index (χ3v) is 7.52. The van der Waals surface area contributed by atoms with Crippen LogP contribution in [0.25, 0.3) is 0 Å². The average molecular weight is 288 g/mol. The summed E-state index contributed by atoms with van der Waals surface area (Å²) in [5, 5.41) is 8.09. The van der Waals surface area contributed by atoms with Crippen molar-refractivity contribution in [1.82, 2.24) is 10.6 Å². The highest BCUT2D eigenvalue weighted by Gasteiger charge is 2.49. The van der Waals surface area contributed by atoms with Crippen LogP contribution in [0, 0.1) is 29.6 Å². The highest BCUT2D eigenvalue weighted by molar-refractivity contribution is 5.06. The minimum absolute atomic E-state index is 0.385. The van der Waals surface area contributed by atoms with Gasteiger partial charge in [-0.2, -0.15) is 0 Å². The second-order valence-electron chi connectivity index (χ2n) is 9.45. The lowest BCUT2D eigenvalue weighted by molar-refractivity contribution is -0.0161. The molecule has 6 aliphatic rings. The van der Waals surface area contributed by atoms with E-state index >= 15 is 0 Å². The zero-order chi connectivity index (χ0) is 14.0. The van der Waals surface area contributed by atoms with Crippen LogP contribution < -0.4 is 10.6 Å². The minimum Gasteiger partial charge on any atom is -0.312 e. The Kier molecular flexibility index (Phi) is 3.00. The maximum Gasteiger partial charge on any atom is 0.0308 e. The van der Waals surface area contributed by atoms with Gasteiger partial charge in [-0.3, -0.25) is 0 Å². The van der Waals surface area contributed by atoms with Crippen molar-refractivity contribution in [2.75, 3.05) is 6.54 Å². The molecule has 0 aromatic rings. The molecule has 2 N–H and O–H groups in total. The Bertz CT molecular complexity index is 384. The van der Waals surface area contributed by atoms with Crippen LogP contribution >= 0.6 is 0 Å². The van der Waals surface area contributed by atoms with Gasteiger partial charge in [-0.05, 0) is 94.3 Å². The van der Waals surface area contributed by atoms with Gasteiger partial charge in [0.25, 0.3) is 0 Å². The second-order valence-corrected chi connectivity index (χ2v) is 9.45. The summed E-state index contributed by atoms with van der Waals surface area (Å²) >= 11 is 0. The Hall–Kier alpha value is -0.0800. The van der Waals surface area contributed by atoms with E-state index in [1.165, 1.54) is 32.2 Å². The molecule has 6 saturated carbocycles. The molecule has 6 aliphatic carbocycles. The molecule has 4 bridgehead atoms. The van der Waals surface area contributed by atoms with E-state index in [9.17, 15) is 0 Å². The predicted molar refractivity (Wildman–Crippen MR) is 86.1 cm³/mol. The number of nitrogens with one attached hydrogen (secondary N) is 2. The molecule has 1 unspecified atom stereocenters. The SMILES string of the molecule is CC(CNC1C2CC3CC(C2)CC1C3)(NC1CC1)C1CC1. The Morgan fingerprint density at radius 2 is 1.48 bits per heavy atom. The van der Waals surface area contributed by atoms with Crippen LogP contribution in [0.3, 0.4) is 0 Å². The van der Waals surface area contributed by atoms with Crippen molar-refractivity contribution in [3.63, 3.8) is 0 Å². The zero-order valence-corrected chi connectivity index (χ0v) is 13.6. The summed E-state index contributed by atoms with van der Waals surface area (Å²) in [6.07, 6.45) is 13.5. The monoisotopic (exact) mass is 288 g/mol. The molecule has 118 valence electrons. The van der Waals surface area contributed by atoms with E-state index in [4.69, 9.17) is 0 Å². The molecule has 0 amide bonds. The van der Waals surface area contributed by atoms with Crippen molar-refractivity contribution in [3.8, 4) is 0 Å². The lowest BCUT2D eigenvalue weighted by Gasteiger charge is -2.55. The van der Waals surface area contributed by atoms with Crippen LogP contribution in [0.1, 0.15) is 64.7 Å². The highest BCUT2D eigenvalue weighted by atomic mass is 15.1. The molecule has 6 fully saturated rings. The molecule has 21 heavy (non-hydrogen) atoms. The van der Waals surface area contributed by atoms with Crippen molar-refractivity contribution >= 4 is 0 Å². The van der Waals surface area contributed by atoms with Crippen molar-refractivity contribution in [2.24, 2.45) is 29.6 Å². The number of rotatable bonds is 6. The molecule has 0 aliphatic heterocycles. The summed E-state index contributed by atoms with van der Waals surface area (Å²) < 4.78 is 0. The molecular weight excluding hydrogens is 256 g/mol. The van der Waals surface area contributed by atoms with Gasteiger partial charge in [0.15, 0.2) is 0 Å². The standard InChI is InChI=1S/C19H32N2/c1-19(16-2-3-16,21-17-4-5-17)11-20-18-14-7-12-6-13(9-14)10-15(18)8-12/h12-18,20-21H,2-11H2,1H3.